The topological polar surface area (TPSA) is 86.8 Å². The number of anilines is 1. The van der Waals surface area contributed by atoms with Gasteiger partial charge in [0.05, 0.1) is 11.9 Å². The molecule has 2 amide bonds. The van der Waals surface area contributed by atoms with Gasteiger partial charge in [-0.3, -0.25) is 13.9 Å². The number of nitrogens with zero attached hydrogens (tertiary/aromatic N) is 2. The van der Waals surface area contributed by atoms with Crippen LogP contribution >= 0.6 is 15.9 Å². The van der Waals surface area contributed by atoms with Crippen molar-refractivity contribution in [2.24, 2.45) is 0 Å². The van der Waals surface area contributed by atoms with Crippen LogP contribution in [-0.2, 0) is 26.2 Å². The van der Waals surface area contributed by atoms with Crippen LogP contribution in [0.2, 0.25) is 0 Å². The monoisotopic (exact) mass is 523 g/mol. The predicted octanol–water partition coefficient (Wildman–Crippen LogP) is 3.39. The Morgan fingerprint density at radius 3 is 2.34 bits per heavy atom. The number of rotatable bonds is 9. The Bertz CT molecular complexity index is 1090. The Kier molecular flexibility index (Phi) is 8.86. The molecule has 0 aliphatic heterocycles. The van der Waals surface area contributed by atoms with Crippen LogP contribution in [0.4, 0.5) is 5.69 Å². The fraction of sp³-hybridized carbons (Fsp3) is 0.391. The first-order chi connectivity index (χ1) is 14.9. The lowest BCUT2D eigenvalue weighted by Gasteiger charge is -2.31. The van der Waals surface area contributed by atoms with E-state index < -0.39 is 28.5 Å². The highest BCUT2D eigenvalue weighted by atomic mass is 79.9. The van der Waals surface area contributed by atoms with Gasteiger partial charge in [0, 0.05) is 17.6 Å². The van der Waals surface area contributed by atoms with Gasteiger partial charge < -0.3 is 10.2 Å². The lowest BCUT2D eigenvalue weighted by Crippen LogP contribution is -2.51. The maximum Gasteiger partial charge on any atom is 0.244 e. The molecule has 0 fully saturated rings. The number of nitrogens with one attached hydrogen (secondary N) is 1. The molecule has 0 aliphatic rings. The summed E-state index contributed by atoms with van der Waals surface area (Å²) in [5, 5.41) is 2.73. The molecule has 7 nitrogen and oxygen atoms in total. The molecule has 1 unspecified atom stereocenters. The fourth-order valence-corrected chi connectivity index (χ4v) is 4.52. The molecule has 2 aromatic rings. The van der Waals surface area contributed by atoms with Crippen molar-refractivity contribution in [1.82, 2.24) is 10.2 Å². The van der Waals surface area contributed by atoms with Gasteiger partial charge in [-0.1, -0.05) is 34.1 Å². The molecule has 1 N–H and O–H groups in total. The number of benzene rings is 2. The van der Waals surface area contributed by atoms with E-state index in [-0.39, 0.29) is 12.5 Å². The zero-order chi connectivity index (χ0) is 24.1. The molecule has 2 aromatic carbocycles. The normalized spacial score (nSPS) is 12.2. The van der Waals surface area contributed by atoms with Crippen LogP contribution in [0.5, 0.6) is 0 Å². The van der Waals surface area contributed by atoms with Crippen molar-refractivity contribution in [3.63, 3.8) is 0 Å². The summed E-state index contributed by atoms with van der Waals surface area (Å²) < 4.78 is 27.1. The summed E-state index contributed by atoms with van der Waals surface area (Å²) in [5.41, 5.74) is 3.18. The lowest BCUT2D eigenvalue weighted by atomic mass is 10.1. The van der Waals surface area contributed by atoms with E-state index in [4.69, 9.17) is 0 Å². The first-order valence-electron chi connectivity index (χ1n) is 10.3. The summed E-state index contributed by atoms with van der Waals surface area (Å²) in [7, 11) is -3.73. The molecule has 0 aromatic heterocycles. The maximum absolute atomic E-state index is 13.4. The zero-order valence-corrected chi connectivity index (χ0v) is 21.5. The minimum atomic E-state index is -3.73. The van der Waals surface area contributed by atoms with Crippen LogP contribution in [0.3, 0.4) is 0 Å². The number of aryl methyl sites for hydroxylation is 2. The number of carbonyl (C=O) groups excluding carboxylic acids is 2. The second-order valence-electron chi connectivity index (χ2n) is 7.76. The molecule has 32 heavy (non-hydrogen) atoms. The molecule has 0 saturated carbocycles. The van der Waals surface area contributed by atoms with Crippen molar-refractivity contribution in [3.8, 4) is 0 Å². The van der Waals surface area contributed by atoms with E-state index in [2.05, 4.69) is 21.2 Å². The van der Waals surface area contributed by atoms with Crippen molar-refractivity contribution in [3.05, 3.63) is 63.6 Å². The Labute approximate surface area is 199 Å². The third-order valence-corrected chi connectivity index (χ3v) is 6.85. The number of sulfonamides is 1. The molecule has 0 saturated heterocycles. The van der Waals surface area contributed by atoms with Gasteiger partial charge in [-0.15, -0.1) is 0 Å². The summed E-state index contributed by atoms with van der Waals surface area (Å²) in [6.45, 7) is 7.46. The quantitative estimate of drug-likeness (QED) is 0.545. The summed E-state index contributed by atoms with van der Waals surface area (Å²) in [6, 6.07) is 11.9. The van der Waals surface area contributed by atoms with Gasteiger partial charge in [0.25, 0.3) is 0 Å². The van der Waals surface area contributed by atoms with E-state index in [1.807, 2.05) is 44.2 Å². The summed E-state index contributed by atoms with van der Waals surface area (Å²) in [6.07, 6.45) is 1.07. The van der Waals surface area contributed by atoms with Crippen LogP contribution in [0.1, 0.15) is 30.5 Å². The van der Waals surface area contributed by atoms with Gasteiger partial charge in [-0.25, -0.2) is 8.42 Å². The number of hydrogen-bond acceptors (Lipinski definition) is 4. The second-order valence-corrected chi connectivity index (χ2v) is 10.6. The van der Waals surface area contributed by atoms with E-state index in [0.717, 1.165) is 31.7 Å². The van der Waals surface area contributed by atoms with E-state index in [1.54, 1.807) is 26.0 Å². The first kappa shape index (κ1) is 25.9. The van der Waals surface area contributed by atoms with E-state index in [0.29, 0.717) is 12.2 Å². The summed E-state index contributed by atoms with van der Waals surface area (Å²) in [5.74, 6) is -0.764. The minimum Gasteiger partial charge on any atom is -0.355 e. The Hall–Kier alpha value is -2.39. The number of likely N-dealkylation sites (N-methyl/N-ethyl adjacent to an activating group) is 1. The Morgan fingerprint density at radius 1 is 1.09 bits per heavy atom. The minimum absolute atomic E-state index is 0.168. The van der Waals surface area contributed by atoms with Crippen molar-refractivity contribution >= 4 is 43.5 Å². The van der Waals surface area contributed by atoms with Gasteiger partial charge in [0.1, 0.15) is 12.6 Å². The molecule has 1 atom stereocenters. The number of amides is 2. The van der Waals surface area contributed by atoms with Crippen molar-refractivity contribution in [2.45, 2.75) is 40.3 Å². The zero-order valence-electron chi connectivity index (χ0n) is 19.1. The molecule has 2 rings (SSSR count). The van der Waals surface area contributed by atoms with Crippen LogP contribution in [0, 0.1) is 13.8 Å². The molecule has 9 heteroatoms. The average Bonchev–Trinajstić information content (AvgIpc) is 2.71. The third-order valence-electron chi connectivity index (χ3n) is 5.22. The van der Waals surface area contributed by atoms with Crippen LogP contribution in [0.25, 0.3) is 0 Å². The second kappa shape index (κ2) is 11.0. The number of hydrogen-bond donors (Lipinski definition) is 1. The SMILES string of the molecule is CCNC(=O)C(C)N(Cc1cccc(Br)c1)C(=O)CN(c1ccc(C)c(C)c1)S(C)(=O)=O. The van der Waals surface area contributed by atoms with E-state index in [9.17, 15) is 18.0 Å². The molecule has 0 bridgehead atoms. The largest absolute Gasteiger partial charge is 0.355 e. The highest BCUT2D eigenvalue weighted by Gasteiger charge is 2.30. The molecular formula is C23H30BrN3O4S. The molecule has 0 aliphatic carbocycles. The number of carbonyl (C=O) groups is 2. The van der Waals surface area contributed by atoms with Crippen LogP contribution < -0.4 is 9.62 Å². The van der Waals surface area contributed by atoms with Crippen LogP contribution in [-0.4, -0.2) is 50.5 Å². The van der Waals surface area contributed by atoms with Crippen LogP contribution in [0.15, 0.2) is 46.9 Å². The van der Waals surface area contributed by atoms with E-state index >= 15 is 0 Å². The van der Waals surface area contributed by atoms with Gasteiger partial charge in [-0.05, 0) is 68.7 Å². The fourth-order valence-electron chi connectivity index (χ4n) is 3.23. The highest BCUT2D eigenvalue weighted by Crippen LogP contribution is 2.22. The molecular weight excluding hydrogens is 494 g/mol. The first-order valence-corrected chi connectivity index (χ1v) is 12.9. The van der Waals surface area contributed by atoms with Crippen molar-refractivity contribution in [1.29, 1.82) is 0 Å². The molecule has 174 valence electrons. The summed E-state index contributed by atoms with van der Waals surface area (Å²) >= 11 is 3.42. The van der Waals surface area contributed by atoms with Crippen molar-refractivity contribution in [2.75, 3.05) is 23.7 Å². The standard InChI is InChI=1S/C23H30BrN3O4S/c1-6-25-23(29)18(4)26(14-19-8-7-9-20(24)13-19)22(28)15-27(32(5,30)31)21-11-10-16(2)17(3)12-21/h7-13,18H,6,14-15H2,1-5H3,(H,25,29). The van der Waals surface area contributed by atoms with Gasteiger partial charge >= 0.3 is 0 Å². The Morgan fingerprint density at radius 2 is 1.78 bits per heavy atom. The average molecular weight is 524 g/mol. The smallest absolute Gasteiger partial charge is 0.244 e. The molecule has 0 spiro atoms. The highest BCUT2D eigenvalue weighted by molar-refractivity contribution is 9.10. The van der Waals surface area contributed by atoms with Gasteiger partial charge in [0.15, 0.2) is 0 Å². The molecule has 0 heterocycles. The lowest BCUT2D eigenvalue weighted by molar-refractivity contribution is -0.139. The predicted molar refractivity (Wildman–Crippen MR) is 131 cm³/mol. The van der Waals surface area contributed by atoms with E-state index in [1.165, 1.54) is 4.90 Å². The van der Waals surface area contributed by atoms with Gasteiger partial charge in [0.2, 0.25) is 21.8 Å². The third kappa shape index (κ3) is 6.80. The maximum atomic E-state index is 13.4. The number of halogens is 1. The summed E-state index contributed by atoms with van der Waals surface area (Å²) in [4.78, 5) is 27.3. The van der Waals surface area contributed by atoms with Gasteiger partial charge in [-0.2, -0.15) is 0 Å². The molecule has 0 radical (unpaired) electrons. The Balaban J connectivity index is 2.40. The van der Waals surface area contributed by atoms with Crippen molar-refractivity contribution < 1.29 is 18.0 Å².